The van der Waals surface area contributed by atoms with Gasteiger partial charge in [-0.05, 0) is 0 Å². The summed E-state index contributed by atoms with van der Waals surface area (Å²) >= 11 is 5.29. The van der Waals surface area contributed by atoms with Crippen LogP contribution in [0, 0.1) is 16.5 Å². The Kier molecular flexibility index (Phi) is 4.87. The van der Waals surface area contributed by atoms with Gasteiger partial charge in [-0.15, -0.1) is 0 Å². The number of amides is 1. The van der Waals surface area contributed by atoms with Gasteiger partial charge in [-0.25, -0.2) is 4.98 Å². The van der Waals surface area contributed by atoms with Gasteiger partial charge in [0.15, 0.2) is 5.65 Å². The molecule has 0 bridgehead atoms. The van der Waals surface area contributed by atoms with E-state index < -0.39 is 18.4 Å². The smallest absolute Gasteiger partial charge is 0.229 e. The molecule has 0 aromatic carbocycles. The lowest BCUT2D eigenvalue weighted by Crippen LogP contribution is -2.28. The Labute approximate surface area is 149 Å². The highest BCUT2D eigenvalue weighted by Gasteiger charge is 2.42. The molecule has 9 nitrogen and oxygen atoms in total. The Morgan fingerprint density at radius 1 is 1.56 bits per heavy atom. The van der Waals surface area contributed by atoms with Crippen LogP contribution in [-0.4, -0.2) is 54.5 Å². The first-order valence-electron chi connectivity index (χ1n) is 8.05. The van der Waals surface area contributed by atoms with Crippen molar-refractivity contribution in [2.24, 2.45) is 11.8 Å². The van der Waals surface area contributed by atoms with Crippen molar-refractivity contribution in [2.75, 3.05) is 11.9 Å². The zero-order valence-corrected chi connectivity index (χ0v) is 14.9. The summed E-state index contributed by atoms with van der Waals surface area (Å²) in [7, 11) is 0. The standard InChI is InChI=1S/C15H21N5O4S/c1-6(2)12(23)18-15-17-11-9(13(25)19-15)16-5-20(11)14-7(3)10(22)8(4-21)24-14/h5-8,10,14,21-22H,4H2,1-3H3,(H2,17,18,19,23,25)/t7?,8-,10?,14-/m1/s1. The molecule has 4 atom stereocenters. The lowest BCUT2D eigenvalue weighted by molar-refractivity contribution is -0.118. The maximum absolute atomic E-state index is 11.9. The highest BCUT2D eigenvalue weighted by Crippen LogP contribution is 2.35. The Morgan fingerprint density at radius 3 is 2.88 bits per heavy atom. The number of carbonyl (C=O) groups excluding carboxylic acids is 1. The second-order valence-electron chi connectivity index (χ2n) is 6.48. The number of aromatic nitrogens is 4. The van der Waals surface area contributed by atoms with Crippen molar-refractivity contribution >= 4 is 35.2 Å². The number of hydrogen-bond acceptors (Lipinski definition) is 7. The minimum absolute atomic E-state index is 0.190. The summed E-state index contributed by atoms with van der Waals surface area (Å²) in [5.74, 6) is -0.446. The van der Waals surface area contributed by atoms with Gasteiger partial charge < -0.3 is 19.9 Å². The maximum atomic E-state index is 11.9. The fourth-order valence-electron chi connectivity index (χ4n) is 2.79. The minimum Gasteiger partial charge on any atom is -0.394 e. The van der Waals surface area contributed by atoms with Crippen molar-refractivity contribution in [1.29, 1.82) is 0 Å². The largest absolute Gasteiger partial charge is 0.394 e. The molecule has 4 N–H and O–H groups in total. The van der Waals surface area contributed by atoms with Crippen molar-refractivity contribution in [3.8, 4) is 0 Å². The molecule has 0 saturated carbocycles. The normalized spacial score (nSPS) is 26.5. The van der Waals surface area contributed by atoms with Crippen LogP contribution in [0.5, 0.6) is 0 Å². The van der Waals surface area contributed by atoms with Crippen molar-refractivity contribution < 1.29 is 19.7 Å². The number of H-pyrrole nitrogens is 1. The van der Waals surface area contributed by atoms with E-state index in [2.05, 4.69) is 20.3 Å². The molecule has 2 aromatic heterocycles. The molecule has 2 aromatic rings. The first-order chi connectivity index (χ1) is 11.8. The molecule has 0 spiro atoms. The number of carbonyl (C=O) groups is 1. The van der Waals surface area contributed by atoms with E-state index in [0.717, 1.165) is 0 Å². The van der Waals surface area contributed by atoms with Gasteiger partial charge in [-0.1, -0.05) is 33.0 Å². The number of aromatic amines is 1. The number of nitrogens with one attached hydrogen (secondary N) is 2. The third-order valence-corrected chi connectivity index (χ3v) is 4.63. The Balaban J connectivity index is 2.01. The molecule has 1 aliphatic rings. The summed E-state index contributed by atoms with van der Waals surface area (Å²) in [6, 6.07) is 0. The fraction of sp³-hybridized carbons (Fsp3) is 0.600. The predicted molar refractivity (Wildman–Crippen MR) is 92.3 cm³/mol. The molecule has 10 heteroatoms. The molecule has 2 unspecified atom stereocenters. The second kappa shape index (κ2) is 6.79. The average molecular weight is 367 g/mol. The molecule has 3 heterocycles. The molecule has 1 fully saturated rings. The number of aliphatic hydroxyl groups excluding tert-OH is 2. The summed E-state index contributed by atoms with van der Waals surface area (Å²) in [5.41, 5.74) is 0.903. The molecule has 1 aliphatic heterocycles. The number of nitrogens with zero attached hydrogens (tertiary/aromatic N) is 3. The second-order valence-corrected chi connectivity index (χ2v) is 6.89. The van der Waals surface area contributed by atoms with Crippen LogP contribution >= 0.6 is 12.2 Å². The van der Waals surface area contributed by atoms with E-state index in [9.17, 15) is 15.0 Å². The van der Waals surface area contributed by atoms with Gasteiger partial charge in [0.05, 0.1) is 19.0 Å². The summed E-state index contributed by atoms with van der Waals surface area (Å²) in [6.45, 7) is 5.09. The van der Waals surface area contributed by atoms with E-state index in [-0.39, 0.29) is 30.3 Å². The molecule has 136 valence electrons. The van der Waals surface area contributed by atoms with Gasteiger partial charge in [-0.2, -0.15) is 4.98 Å². The van der Waals surface area contributed by atoms with E-state index in [1.807, 2.05) is 6.92 Å². The SMILES string of the molecule is CC(C)C(=O)Nc1nc2c(ncn2[C@@H]2O[C@H](CO)C(O)C2C)c(=S)[nH]1. The van der Waals surface area contributed by atoms with Gasteiger partial charge >= 0.3 is 0 Å². The zero-order chi connectivity index (χ0) is 18.3. The summed E-state index contributed by atoms with van der Waals surface area (Å²) < 4.78 is 7.74. The highest BCUT2D eigenvalue weighted by molar-refractivity contribution is 7.71. The molecule has 0 radical (unpaired) electrons. The molecule has 3 rings (SSSR count). The minimum atomic E-state index is -0.800. The van der Waals surface area contributed by atoms with E-state index in [0.29, 0.717) is 15.8 Å². The van der Waals surface area contributed by atoms with E-state index >= 15 is 0 Å². The van der Waals surface area contributed by atoms with E-state index in [1.54, 1.807) is 18.4 Å². The van der Waals surface area contributed by atoms with E-state index in [1.165, 1.54) is 6.33 Å². The zero-order valence-electron chi connectivity index (χ0n) is 14.1. The lowest BCUT2D eigenvalue weighted by atomic mass is 10.0. The highest BCUT2D eigenvalue weighted by atomic mass is 32.1. The van der Waals surface area contributed by atoms with Crippen molar-refractivity contribution in [3.05, 3.63) is 11.0 Å². The van der Waals surface area contributed by atoms with Gasteiger partial charge in [0.25, 0.3) is 0 Å². The average Bonchev–Trinajstić information content (AvgIpc) is 3.10. The van der Waals surface area contributed by atoms with Crippen LogP contribution in [0.25, 0.3) is 11.2 Å². The molecular formula is C15H21N5O4S. The van der Waals surface area contributed by atoms with Crippen molar-refractivity contribution in [3.63, 3.8) is 0 Å². The molecule has 1 amide bonds. The Bertz CT molecular complexity index is 848. The number of aliphatic hydroxyl groups is 2. The van der Waals surface area contributed by atoms with Crippen LogP contribution in [0.1, 0.15) is 27.0 Å². The van der Waals surface area contributed by atoms with Gasteiger partial charge in [0.2, 0.25) is 11.9 Å². The van der Waals surface area contributed by atoms with Crippen LogP contribution in [0.2, 0.25) is 0 Å². The number of hydrogen-bond donors (Lipinski definition) is 4. The van der Waals surface area contributed by atoms with Crippen LogP contribution in [0.4, 0.5) is 5.95 Å². The third-order valence-electron chi connectivity index (χ3n) is 4.34. The fourth-order valence-corrected chi connectivity index (χ4v) is 3.03. The first-order valence-corrected chi connectivity index (χ1v) is 8.46. The summed E-state index contributed by atoms with van der Waals surface area (Å²) in [5, 5.41) is 22.2. The van der Waals surface area contributed by atoms with Crippen LogP contribution < -0.4 is 5.32 Å². The number of ether oxygens (including phenoxy) is 1. The van der Waals surface area contributed by atoms with Crippen LogP contribution in [-0.2, 0) is 9.53 Å². The van der Waals surface area contributed by atoms with Crippen molar-refractivity contribution in [2.45, 2.75) is 39.2 Å². The van der Waals surface area contributed by atoms with Crippen LogP contribution in [0.3, 0.4) is 0 Å². The predicted octanol–water partition coefficient (Wildman–Crippen LogP) is 0.970. The first kappa shape index (κ1) is 17.9. The van der Waals surface area contributed by atoms with Gasteiger partial charge in [0.1, 0.15) is 22.5 Å². The molecule has 1 saturated heterocycles. The lowest BCUT2D eigenvalue weighted by Gasteiger charge is -2.17. The van der Waals surface area contributed by atoms with E-state index in [4.69, 9.17) is 17.0 Å². The van der Waals surface area contributed by atoms with Gasteiger partial charge in [-0.3, -0.25) is 14.7 Å². The Hall–Kier alpha value is -1.88. The summed E-state index contributed by atoms with van der Waals surface area (Å²) in [4.78, 5) is 23.4. The number of fused-ring (bicyclic) bond motifs is 1. The molecule has 25 heavy (non-hydrogen) atoms. The summed E-state index contributed by atoms with van der Waals surface area (Å²) in [6.07, 6.45) is -0.486. The molecular weight excluding hydrogens is 346 g/mol. The van der Waals surface area contributed by atoms with Crippen molar-refractivity contribution in [1.82, 2.24) is 19.5 Å². The number of imidazole rings is 1. The molecule has 0 aliphatic carbocycles. The third kappa shape index (κ3) is 3.17. The monoisotopic (exact) mass is 367 g/mol. The maximum Gasteiger partial charge on any atom is 0.229 e. The topological polar surface area (TPSA) is 125 Å². The number of rotatable bonds is 4. The quantitative estimate of drug-likeness (QED) is 0.593. The number of anilines is 1. The Morgan fingerprint density at radius 2 is 2.28 bits per heavy atom. The van der Waals surface area contributed by atoms with Crippen LogP contribution in [0.15, 0.2) is 6.33 Å². The van der Waals surface area contributed by atoms with Gasteiger partial charge in [0, 0.05) is 11.8 Å².